The highest BCUT2D eigenvalue weighted by molar-refractivity contribution is 7.12. The van der Waals surface area contributed by atoms with Gasteiger partial charge in [-0.2, -0.15) is 0 Å². The predicted molar refractivity (Wildman–Crippen MR) is 125 cm³/mol. The maximum absolute atomic E-state index is 13.7. The molecule has 31 heavy (non-hydrogen) atoms. The van der Waals surface area contributed by atoms with E-state index in [1.54, 1.807) is 12.1 Å². The summed E-state index contributed by atoms with van der Waals surface area (Å²) < 4.78 is 13.7. The lowest BCUT2D eigenvalue weighted by atomic mass is 9.88. The number of carbonyl (C=O) groups excluding carboxylic acids is 1. The van der Waals surface area contributed by atoms with E-state index in [0.717, 1.165) is 30.4 Å². The molecular formula is C25H24ClFN2OS. The fourth-order valence-electron chi connectivity index (χ4n) is 4.75. The number of urea groups is 1. The molecule has 5 rings (SSSR count). The third kappa shape index (κ3) is 3.85. The van der Waals surface area contributed by atoms with Crippen LogP contribution in [0.3, 0.4) is 0 Å². The smallest absolute Gasteiger partial charge is 0.312 e. The third-order valence-corrected chi connectivity index (χ3v) is 7.99. The highest BCUT2D eigenvalue weighted by Gasteiger charge is 2.36. The number of amides is 2. The first-order chi connectivity index (χ1) is 15.0. The Kier molecular flexibility index (Phi) is 5.49. The average molecular weight is 455 g/mol. The second-order valence-corrected chi connectivity index (χ2v) is 9.91. The maximum atomic E-state index is 13.7. The van der Waals surface area contributed by atoms with Gasteiger partial charge in [0.25, 0.3) is 0 Å². The van der Waals surface area contributed by atoms with E-state index in [0.29, 0.717) is 17.3 Å². The number of nitrogens with one attached hydrogen (secondary N) is 1. The molecule has 0 spiro atoms. The van der Waals surface area contributed by atoms with E-state index in [4.69, 9.17) is 11.6 Å². The number of fused-ring (bicyclic) bond motifs is 3. The van der Waals surface area contributed by atoms with Crippen LogP contribution in [0.1, 0.15) is 50.9 Å². The number of benzene rings is 2. The van der Waals surface area contributed by atoms with Crippen molar-refractivity contribution in [3.05, 3.63) is 85.3 Å². The fourth-order valence-corrected chi connectivity index (χ4v) is 6.62. The van der Waals surface area contributed by atoms with Gasteiger partial charge in [-0.1, -0.05) is 29.8 Å². The van der Waals surface area contributed by atoms with Crippen LogP contribution in [0.2, 0.25) is 5.02 Å². The summed E-state index contributed by atoms with van der Waals surface area (Å²) in [6, 6.07) is 11.8. The quantitative estimate of drug-likeness (QED) is 0.448. The maximum Gasteiger partial charge on any atom is 0.322 e. The van der Waals surface area contributed by atoms with E-state index in [2.05, 4.69) is 5.32 Å². The van der Waals surface area contributed by atoms with E-state index in [1.165, 1.54) is 45.9 Å². The number of rotatable bonds is 2. The molecule has 2 amide bonds. The Morgan fingerprint density at radius 3 is 2.65 bits per heavy atom. The molecule has 1 aromatic heterocycles. The average Bonchev–Trinajstić information content (AvgIpc) is 3.14. The van der Waals surface area contributed by atoms with Crippen molar-refractivity contribution in [2.45, 2.75) is 45.1 Å². The summed E-state index contributed by atoms with van der Waals surface area (Å²) in [5, 5.41) is 3.52. The van der Waals surface area contributed by atoms with E-state index in [9.17, 15) is 9.18 Å². The monoisotopic (exact) mass is 454 g/mol. The van der Waals surface area contributed by atoms with E-state index in [-0.39, 0.29) is 17.9 Å². The zero-order valence-corrected chi connectivity index (χ0v) is 19.0. The van der Waals surface area contributed by atoms with Crippen molar-refractivity contribution in [3.63, 3.8) is 0 Å². The molecule has 1 N–H and O–H groups in total. The van der Waals surface area contributed by atoms with Gasteiger partial charge in [-0.25, -0.2) is 9.18 Å². The molecular weight excluding hydrogens is 431 g/mol. The van der Waals surface area contributed by atoms with Crippen LogP contribution in [0.25, 0.3) is 0 Å². The van der Waals surface area contributed by atoms with Gasteiger partial charge in [-0.05, 0) is 85.5 Å². The molecule has 1 atom stereocenters. The third-order valence-electron chi connectivity index (χ3n) is 6.29. The zero-order valence-electron chi connectivity index (χ0n) is 17.4. The normalized spacial score (nSPS) is 17.8. The predicted octanol–water partition coefficient (Wildman–Crippen LogP) is 6.91. The number of halogens is 2. The lowest BCUT2D eigenvalue weighted by Crippen LogP contribution is -2.42. The first kappa shape index (κ1) is 20.5. The van der Waals surface area contributed by atoms with Crippen molar-refractivity contribution >= 4 is 34.7 Å². The second-order valence-electron chi connectivity index (χ2n) is 8.36. The molecule has 0 fully saturated rings. The van der Waals surface area contributed by atoms with Crippen molar-refractivity contribution in [1.82, 2.24) is 4.90 Å². The minimum Gasteiger partial charge on any atom is -0.312 e. The number of anilines is 1. The standard InChI is InChI=1S/C25H24ClFN2OS/c1-15-6-11-21(20(26)14-15)28-25(30)29-13-12-19-18-4-2-3-5-22(18)31-24(19)23(29)16-7-9-17(27)10-8-16/h6-11,14,23H,2-5,12-13H2,1H3,(H,28,30)/t23-/m1/s1. The molecule has 3 nitrogen and oxygen atoms in total. The molecule has 0 unspecified atom stereocenters. The molecule has 3 aromatic rings. The van der Waals surface area contributed by atoms with Crippen molar-refractivity contribution in [2.75, 3.05) is 11.9 Å². The lowest BCUT2D eigenvalue weighted by Gasteiger charge is -2.36. The Bertz CT molecular complexity index is 1140. The summed E-state index contributed by atoms with van der Waals surface area (Å²) in [7, 11) is 0. The zero-order chi connectivity index (χ0) is 21.5. The summed E-state index contributed by atoms with van der Waals surface area (Å²) in [5.41, 5.74) is 5.49. The minimum atomic E-state index is -0.271. The summed E-state index contributed by atoms with van der Waals surface area (Å²) >= 11 is 8.20. The van der Waals surface area contributed by atoms with Gasteiger partial charge in [0.05, 0.1) is 16.8 Å². The van der Waals surface area contributed by atoms with Crippen LogP contribution in [-0.2, 0) is 19.3 Å². The molecule has 6 heteroatoms. The van der Waals surface area contributed by atoms with E-state index in [1.807, 2.05) is 41.4 Å². The van der Waals surface area contributed by atoms with Gasteiger partial charge in [-0.3, -0.25) is 0 Å². The van der Waals surface area contributed by atoms with Crippen molar-refractivity contribution in [1.29, 1.82) is 0 Å². The van der Waals surface area contributed by atoms with E-state index < -0.39 is 0 Å². The SMILES string of the molecule is Cc1ccc(NC(=O)N2CCc3c(sc4c3CCCC4)[C@H]2c2ccc(F)cc2)c(Cl)c1. The highest BCUT2D eigenvalue weighted by atomic mass is 35.5. The van der Waals surface area contributed by atoms with Crippen LogP contribution in [0, 0.1) is 12.7 Å². The van der Waals surface area contributed by atoms with Crippen LogP contribution in [0.5, 0.6) is 0 Å². The summed E-state index contributed by atoms with van der Waals surface area (Å²) in [6.07, 6.45) is 5.56. The van der Waals surface area contributed by atoms with Gasteiger partial charge < -0.3 is 10.2 Å². The molecule has 2 heterocycles. The molecule has 0 radical (unpaired) electrons. The number of nitrogens with zero attached hydrogens (tertiary/aromatic N) is 1. The van der Waals surface area contributed by atoms with E-state index >= 15 is 0 Å². The highest BCUT2D eigenvalue weighted by Crippen LogP contribution is 2.45. The topological polar surface area (TPSA) is 32.3 Å². The summed E-state index contributed by atoms with van der Waals surface area (Å²) in [6.45, 7) is 2.58. The summed E-state index contributed by atoms with van der Waals surface area (Å²) in [5.74, 6) is -0.271. The largest absolute Gasteiger partial charge is 0.322 e. The van der Waals surface area contributed by atoms with Crippen molar-refractivity contribution in [3.8, 4) is 0 Å². The van der Waals surface area contributed by atoms with Crippen LogP contribution in [0.4, 0.5) is 14.9 Å². The van der Waals surface area contributed by atoms with Gasteiger partial charge in [0.2, 0.25) is 0 Å². The van der Waals surface area contributed by atoms with Crippen LogP contribution in [-0.4, -0.2) is 17.5 Å². The van der Waals surface area contributed by atoms with Crippen LogP contribution >= 0.6 is 22.9 Å². The number of hydrogen-bond donors (Lipinski definition) is 1. The Morgan fingerprint density at radius 1 is 1.10 bits per heavy atom. The second kappa shape index (κ2) is 8.29. The Labute approximate surface area is 190 Å². The van der Waals surface area contributed by atoms with Gasteiger partial charge in [0, 0.05) is 16.3 Å². The summed E-state index contributed by atoms with van der Waals surface area (Å²) in [4.78, 5) is 18.0. The minimum absolute atomic E-state index is 0.183. The molecule has 2 aromatic carbocycles. The Hall–Kier alpha value is -2.37. The number of hydrogen-bond acceptors (Lipinski definition) is 2. The fraction of sp³-hybridized carbons (Fsp3) is 0.320. The molecule has 1 aliphatic carbocycles. The molecule has 1 aliphatic heterocycles. The Balaban J connectivity index is 1.53. The van der Waals surface area contributed by atoms with Crippen LogP contribution in [0.15, 0.2) is 42.5 Å². The first-order valence-electron chi connectivity index (χ1n) is 10.7. The van der Waals surface area contributed by atoms with Crippen molar-refractivity contribution < 1.29 is 9.18 Å². The van der Waals surface area contributed by atoms with Crippen LogP contribution < -0.4 is 5.32 Å². The molecule has 0 bridgehead atoms. The Morgan fingerprint density at radius 2 is 1.87 bits per heavy atom. The molecule has 0 saturated carbocycles. The number of thiophene rings is 1. The lowest BCUT2D eigenvalue weighted by molar-refractivity contribution is 0.195. The number of carbonyl (C=O) groups is 1. The molecule has 160 valence electrons. The first-order valence-corrected chi connectivity index (χ1v) is 11.9. The van der Waals surface area contributed by atoms with Gasteiger partial charge in [0.1, 0.15) is 5.82 Å². The van der Waals surface area contributed by atoms with Gasteiger partial charge in [-0.15, -0.1) is 11.3 Å². The van der Waals surface area contributed by atoms with Gasteiger partial charge in [0.15, 0.2) is 0 Å². The molecule has 2 aliphatic rings. The van der Waals surface area contributed by atoms with Crippen molar-refractivity contribution in [2.24, 2.45) is 0 Å². The molecule has 0 saturated heterocycles. The van der Waals surface area contributed by atoms with Gasteiger partial charge >= 0.3 is 6.03 Å². The number of aryl methyl sites for hydroxylation is 2.